The lowest BCUT2D eigenvalue weighted by Gasteiger charge is -1.94. The SMILES string of the molecule is Cn1ncc2cnc(/N=C/c3cccs3)nc21. The number of nitrogens with zero attached hydrogens (tertiary/aromatic N) is 5. The highest BCUT2D eigenvalue weighted by atomic mass is 32.1. The molecule has 0 aromatic carbocycles. The number of aryl methyl sites for hydroxylation is 1. The maximum atomic E-state index is 4.33. The van der Waals surface area contributed by atoms with Crippen LogP contribution in [0.15, 0.2) is 34.9 Å². The van der Waals surface area contributed by atoms with Gasteiger partial charge >= 0.3 is 0 Å². The van der Waals surface area contributed by atoms with Crippen molar-refractivity contribution < 1.29 is 0 Å². The van der Waals surface area contributed by atoms with Crippen molar-refractivity contribution in [1.29, 1.82) is 0 Å². The van der Waals surface area contributed by atoms with Gasteiger partial charge in [-0.25, -0.2) is 9.98 Å². The van der Waals surface area contributed by atoms with E-state index in [1.807, 2.05) is 24.6 Å². The number of aromatic nitrogens is 4. The van der Waals surface area contributed by atoms with Gasteiger partial charge in [0.15, 0.2) is 5.65 Å². The number of aliphatic imine (C=N–C) groups is 1. The number of thiophene rings is 1. The van der Waals surface area contributed by atoms with Crippen molar-refractivity contribution in [3.05, 3.63) is 34.8 Å². The smallest absolute Gasteiger partial charge is 0.250 e. The summed E-state index contributed by atoms with van der Waals surface area (Å²) < 4.78 is 1.71. The van der Waals surface area contributed by atoms with Crippen LogP contribution < -0.4 is 0 Å². The number of fused-ring (bicyclic) bond motifs is 1. The van der Waals surface area contributed by atoms with Crippen LogP contribution in [-0.4, -0.2) is 26.0 Å². The minimum atomic E-state index is 0.453. The number of hydrogen-bond acceptors (Lipinski definition) is 5. The molecule has 6 heteroatoms. The second kappa shape index (κ2) is 4.06. The zero-order valence-corrected chi connectivity index (χ0v) is 9.92. The van der Waals surface area contributed by atoms with Gasteiger partial charge in [0.1, 0.15) is 0 Å². The zero-order valence-electron chi connectivity index (χ0n) is 9.11. The van der Waals surface area contributed by atoms with Gasteiger partial charge in [-0.2, -0.15) is 10.1 Å². The fourth-order valence-electron chi connectivity index (χ4n) is 1.48. The lowest BCUT2D eigenvalue weighted by molar-refractivity contribution is 0.785. The van der Waals surface area contributed by atoms with Crippen LogP contribution >= 0.6 is 11.3 Å². The Morgan fingerprint density at radius 3 is 3.18 bits per heavy atom. The highest BCUT2D eigenvalue weighted by Gasteiger charge is 2.02. The predicted molar refractivity (Wildman–Crippen MR) is 67.9 cm³/mol. The van der Waals surface area contributed by atoms with Gasteiger partial charge in [-0.15, -0.1) is 11.3 Å². The maximum Gasteiger partial charge on any atom is 0.251 e. The van der Waals surface area contributed by atoms with Crippen molar-refractivity contribution in [2.45, 2.75) is 0 Å². The molecule has 0 atom stereocenters. The standard InChI is InChI=1S/C11H9N5S/c1-16-10-8(6-14-16)5-12-11(15-10)13-7-9-3-2-4-17-9/h2-7H,1H3/b13-7+. The first kappa shape index (κ1) is 10.1. The lowest BCUT2D eigenvalue weighted by atomic mass is 10.4. The number of rotatable bonds is 2. The minimum Gasteiger partial charge on any atom is -0.250 e. The molecule has 0 unspecified atom stereocenters. The summed E-state index contributed by atoms with van der Waals surface area (Å²) in [4.78, 5) is 13.8. The van der Waals surface area contributed by atoms with Crippen LogP contribution in [0.4, 0.5) is 5.95 Å². The van der Waals surface area contributed by atoms with Gasteiger partial charge in [0.05, 0.1) is 11.6 Å². The third-order valence-electron chi connectivity index (χ3n) is 2.31. The molecule has 0 aliphatic rings. The van der Waals surface area contributed by atoms with E-state index in [4.69, 9.17) is 0 Å². The molecule has 0 aliphatic heterocycles. The van der Waals surface area contributed by atoms with Crippen molar-refractivity contribution in [3.8, 4) is 0 Å². The average Bonchev–Trinajstić information content (AvgIpc) is 2.97. The summed E-state index contributed by atoms with van der Waals surface area (Å²) in [5, 5.41) is 7.04. The van der Waals surface area contributed by atoms with Crippen LogP contribution in [0, 0.1) is 0 Å². The molecule has 3 aromatic heterocycles. The Balaban J connectivity index is 1.98. The van der Waals surface area contributed by atoms with E-state index in [1.165, 1.54) is 0 Å². The molecule has 3 aromatic rings. The molecule has 3 rings (SSSR count). The van der Waals surface area contributed by atoms with Gasteiger partial charge < -0.3 is 0 Å². The molecule has 17 heavy (non-hydrogen) atoms. The lowest BCUT2D eigenvalue weighted by Crippen LogP contribution is -1.92. The Morgan fingerprint density at radius 1 is 1.41 bits per heavy atom. The van der Waals surface area contributed by atoms with Crippen LogP contribution in [0.25, 0.3) is 11.0 Å². The van der Waals surface area contributed by atoms with Crippen LogP contribution in [0.1, 0.15) is 4.88 Å². The van der Waals surface area contributed by atoms with E-state index in [0.717, 1.165) is 15.9 Å². The normalized spacial score (nSPS) is 11.6. The van der Waals surface area contributed by atoms with Crippen molar-refractivity contribution in [1.82, 2.24) is 19.7 Å². The predicted octanol–water partition coefficient (Wildman–Crippen LogP) is 2.18. The summed E-state index contributed by atoms with van der Waals surface area (Å²) in [7, 11) is 1.85. The quantitative estimate of drug-likeness (QED) is 0.648. The summed E-state index contributed by atoms with van der Waals surface area (Å²) in [6.07, 6.45) is 5.24. The Morgan fingerprint density at radius 2 is 2.35 bits per heavy atom. The average molecular weight is 243 g/mol. The van der Waals surface area contributed by atoms with E-state index in [2.05, 4.69) is 20.1 Å². The van der Waals surface area contributed by atoms with E-state index < -0.39 is 0 Å². The minimum absolute atomic E-state index is 0.453. The second-order valence-electron chi connectivity index (χ2n) is 3.49. The molecule has 0 spiro atoms. The highest BCUT2D eigenvalue weighted by Crippen LogP contribution is 2.13. The van der Waals surface area contributed by atoms with E-state index in [0.29, 0.717) is 5.95 Å². The van der Waals surface area contributed by atoms with Gasteiger partial charge in [0.25, 0.3) is 5.95 Å². The molecule has 0 fully saturated rings. The Bertz CT molecular complexity index is 668. The summed E-state index contributed by atoms with van der Waals surface area (Å²) >= 11 is 1.63. The van der Waals surface area contributed by atoms with Gasteiger partial charge in [0, 0.05) is 24.3 Å². The zero-order chi connectivity index (χ0) is 11.7. The largest absolute Gasteiger partial charge is 0.251 e. The molecule has 84 valence electrons. The highest BCUT2D eigenvalue weighted by molar-refractivity contribution is 7.11. The topological polar surface area (TPSA) is 56.0 Å². The molecule has 0 aliphatic carbocycles. The fourth-order valence-corrected chi connectivity index (χ4v) is 2.06. The van der Waals surface area contributed by atoms with E-state index in [-0.39, 0.29) is 0 Å². The van der Waals surface area contributed by atoms with Gasteiger partial charge in [-0.05, 0) is 11.4 Å². The maximum absolute atomic E-state index is 4.33. The van der Waals surface area contributed by atoms with Gasteiger partial charge in [-0.1, -0.05) is 6.07 Å². The van der Waals surface area contributed by atoms with Gasteiger partial charge in [0.2, 0.25) is 0 Å². The molecule has 5 nitrogen and oxygen atoms in total. The third kappa shape index (κ3) is 1.94. The van der Waals surface area contributed by atoms with Crippen LogP contribution in [-0.2, 0) is 7.05 Å². The molecule has 0 saturated carbocycles. The van der Waals surface area contributed by atoms with Crippen molar-refractivity contribution in [3.63, 3.8) is 0 Å². The van der Waals surface area contributed by atoms with Crippen LogP contribution in [0.3, 0.4) is 0 Å². The summed E-state index contributed by atoms with van der Waals surface area (Å²) in [6, 6.07) is 3.98. The molecule has 0 amide bonds. The molecule has 3 heterocycles. The summed E-state index contributed by atoms with van der Waals surface area (Å²) in [5.74, 6) is 0.453. The second-order valence-corrected chi connectivity index (χ2v) is 4.47. The summed E-state index contributed by atoms with van der Waals surface area (Å²) in [5.41, 5.74) is 0.790. The van der Waals surface area contributed by atoms with Crippen molar-refractivity contribution in [2.24, 2.45) is 12.0 Å². The molecule has 0 bridgehead atoms. The molecular formula is C11H9N5S. The summed E-state index contributed by atoms with van der Waals surface area (Å²) in [6.45, 7) is 0. The fraction of sp³-hybridized carbons (Fsp3) is 0.0909. The first-order valence-electron chi connectivity index (χ1n) is 5.05. The van der Waals surface area contributed by atoms with E-state index >= 15 is 0 Å². The number of hydrogen-bond donors (Lipinski definition) is 0. The van der Waals surface area contributed by atoms with Crippen molar-refractivity contribution in [2.75, 3.05) is 0 Å². The molecule has 0 N–H and O–H groups in total. The van der Waals surface area contributed by atoms with Crippen molar-refractivity contribution >= 4 is 34.5 Å². The first-order chi connectivity index (χ1) is 8.33. The Hall–Kier alpha value is -2.08. The van der Waals surface area contributed by atoms with E-state index in [1.54, 1.807) is 34.6 Å². The van der Waals surface area contributed by atoms with Gasteiger partial charge in [-0.3, -0.25) is 4.68 Å². The first-order valence-corrected chi connectivity index (χ1v) is 5.93. The molecule has 0 radical (unpaired) electrons. The van der Waals surface area contributed by atoms with Crippen LogP contribution in [0.2, 0.25) is 0 Å². The van der Waals surface area contributed by atoms with Crippen LogP contribution in [0.5, 0.6) is 0 Å². The monoisotopic (exact) mass is 243 g/mol. The molecular weight excluding hydrogens is 234 g/mol. The Labute approximate surface area is 101 Å². The molecule has 0 saturated heterocycles. The third-order valence-corrected chi connectivity index (χ3v) is 3.12. The van der Waals surface area contributed by atoms with E-state index in [9.17, 15) is 0 Å². The Kier molecular flexibility index (Phi) is 2.41.